The van der Waals surface area contributed by atoms with Crippen molar-refractivity contribution >= 4 is 52.1 Å². The Bertz CT molecular complexity index is 1010. The molecule has 138 valence electrons. The molecule has 0 bridgehead atoms. The summed E-state index contributed by atoms with van der Waals surface area (Å²) in [5.41, 5.74) is 2.42. The summed E-state index contributed by atoms with van der Waals surface area (Å²) in [7, 11) is 0. The number of benzene rings is 2. The summed E-state index contributed by atoms with van der Waals surface area (Å²) in [5.74, 6) is -1.14. The first-order chi connectivity index (χ1) is 13.0. The molecule has 27 heavy (non-hydrogen) atoms. The second kappa shape index (κ2) is 8.30. The number of aryl methyl sites for hydroxylation is 1. The molecule has 3 aromatic rings. The van der Waals surface area contributed by atoms with Gasteiger partial charge in [0.15, 0.2) is 0 Å². The van der Waals surface area contributed by atoms with Crippen molar-refractivity contribution in [3.05, 3.63) is 81.5 Å². The summed E-state index contributed by atoms with van der Waals surface area (Å²) >= 11 is -1.36. The van der Waals surface area contributed by atoms with Crippen molar-refractivity contribution in [3.8, 4) is 0 Å². The molecule has 0 radical (unpaired) electrons. The maximum absolute atomic E-state index is 12.0. The fourth-order valence-electron chi connectivity index (χ4n) is 2.62. The Balaban J connectivity index is 2.06. The number of aromatic carboxylic acids is 1. The van der Waals surface area contributed by atoms with Crippen molar-refractivity contribution in [2.45, 2.75) is 6.92 Å². The number of hydrogen-bond donors (Lipinski definition) is 2. The zero-order chi connectivity index (χ0) is 19.4. The second-order valence-corrected chi connectivity index (χ2v) is 7.63. The second-order valence-electron chi connectivity index (χ2n) is 5.72. The monoisotopic (exact) mass is 399 g/mol. The highest BCUT2D eigenvalue weighted by Gasteiger charge is 2.25. The van der Waals surface area contributed by atoms with Gasteiger partial charge < -0.3 is 5.11 Å². The molecule has 0 fully saturated rings. The van der Waals surface area contributed by atoms with Gasteiger partial charge in [0.25, 0.3) is 11.3 Å². The molecule has 0 spiro atoms. The average Bonchev–Trinajstić information content (AvgIpc) is 3.06. The molecule has 0 aliphatic rings. The minimum Gasteiger partial charge on any atom is -0.477 e. The molecular weight excluding hydrogens is 382 g/mol. The number of rotatable bonds is 6. The largest absolute Gasteiger partial charge is 0.477 e. The minimum atomic E-state index is -2.42. The van der Waals surface area contributed by atoms with Crippen LogP contribution in [0.1, 0.15) is 25.7 Å². The molecule has 0 aliphatic carbocycles. The summed E-state index contributed by atoms with van der Waals surface area (Å²) in [6, 6.07) is 18.3. The first kappa shape index (κ1) is 19.0. The Hall–Kier alpha value is -2.74. The number of carboxylic acids is 1. The summed E-state index contributed by atoms with van der Waals surface area (Å²) in [6.45, 7) is 1.80. The van der Waals surface area contributed by atoms with Crippen LogP contribution in [0, 0.1) is 6.92 Å². The SMILES string of the molecule is Cc1ccccc1N(c1cc(C=Cc2ccccc2)sc1C(=O)O)S(=O)O. The molecule has 7 heteroatoms. The van der Waals surface area contributed by atoms with Gasteiger partial charge in [-0.25, -0.2) is 13.3 Å². The van der Waals surface area contributed by atoms with Gasteiger partial charge in [0.05, 0.1) is 11.4 Å². The Morgan fingerprint density at radius 2 is 1.70 bits per heavy atom. The Morgan fingerprint density at radius 1 is 1.04 bits per heavy atom. The number of hydrogen-bond acceptors (Lipinski definition) is 3. The van der Waals surface area contributed by atoms with Crippen LogP contribution in [-0.4, -0.2) is 19.8 Å². The summed E-state index contributed by atoms with van der Waals surface area (Å²) in [4.78, 5) is 12.4. The van der Waals surface area contributed by atoms with Gasteiger partial charge >= 0.3 is 5.97 Å². The third kappa shape index (κ3) is 4.33. The highest BCUT2D eigenvalue weighted by atomic mass is 32.2. The van der Waals surface area contributed by atoms with Crippen LogP contribution in [0.4, 0.5) is 11.4 Å². The zero-order valence-corrected chi connectivity index (χ0v) is 16.0. The Labute approximate surface area is 163 Å². The smallest absolute Gasteiger partial charge is 0.348 e. The standard InChI is InChI=1S/C20H17NO4S2/c1-14-7-5-6-10-17(14)21(27(24)25)18-13-16(26-19(18)20(22)23)12-11-15-8-3-2-4-9-15/h2-13H,1H3,(H,22,23)(H,24,25). The molecule has 1 aromatic heterocycles. The lowest BCUT2D eigenvalue weighted by Gasteiger charge is -2.21. The van der Waals surface area contributed by atoms with Crippen LogP contribution in [0.3, 0.4) is 0 Å². The van der Waals surface area contributed by atoms with Gasteiger partial charge in [-0.15, -0.1) is 11.3 Å². The molecule has 2 N–H and O–H groups in total. The molecule has 0 aliphatic heterocycles. The van der Waals surface area contributed by atoms with Crippen molar-refractivity contribution in [3.63, 3.8) is 0 Å². The molecule has 1 heterocycles. The van der Waals surface area contributed by atoms with Crippen molar-refractivity contribution in [2.24, 2.45) is 0 Å². The van der Waals surface area contributed by atoms with Gasteiger partial charge in [-0.3, -0.25) is 4.55 Å². The van der Waals surface area contributed by atoms with E-state index < -0.39 is 17.2 Å². The highest BCUT2D eigenvalue weighted by Crippen LogP contribution is 2.37. The number of thiophene rings is 1. The maximum Gasteiger partial charge on any atom is 0.348 e. The average molecular weight is 399 g/mol. The van der Waals surface area contributed by atoms with E-state index in [1.165, 1.54) is 0 Å². The zero-order valence-electron chi connectivity index (χ0n) is 14.4. The molecule has 0 saturated carbocycles. The molecule has 0 amide bonds. The van der Waals surface area contributed by atoms with Crippen LogP contribution in [0.5, 0.6) is 0 Å². The highest BCUT2D eigenvalue weighted by molar-refractivity contribution is 7.81. The summed E-state index contributed by atoms with van der Waals surface area (Å²) in [6.07, 6.45) is 3.67. The van der Waals surface area contributed by atoms with Crippen molar-refractivity contribution < 1.29 is 18.7 Å². The Morgan fingerprint density at radius 3 is 2.33 bits per heavy atom. The predicted molar refractivity (Wildman–Crippen MR) is 111 cm³/mol. The van der Waals surface area contributed by atoms with Gasteiger partial charge in [-0.2, -0.15) is 0 Å². The topological polar surface area (TPSA) is 77.8 Å². The normalized spacial score (nSPS) is 12.2. The molecule has 0 saturated heterocycles. The first-order valence-corrected chi connectivity index (χ1v) is 9.92. The third-order valence-electron chi connectivity index (χ3n) is 3.87. The minimum absolute atomic E-state index is 0.00775. The third-order valence-corrected chi connectivity index (χ3v) is 5.66. The van der Waals surface area contributed by atoms with E-state index in [0.717, 1.165) is 26.8 Å². The summed E-state index contributed by atoms with van der Waals surface area (Å²) < 4.78 is 23.0. The maximum atomic E-state index is 12.0. The molecule has 2 aromatic carbocycles. The first-order valence-electron chi connectivity index (χ1n) is 8.04. The fourth-order valence-corrected chi connectivity index (χ4v) is 4.25. The predicted octanol–water partition coefficient (Wildman–Crippen LogP) is 5.20. The lowest BCUT2D eigenvalue weighted by atomic mass is 10.2. The van der Waals surface area contributed by atoms with Crippen LogP contribution in [-0.2, 0) is 11.3 Å². The van der Waals surface area contributed by atoms with Crippen molar-refractivity contribution in [1.82, 2.24) is 0 Å². The van der Waals surface area contributed by atoms with Gasteiger partial charge in [0.2, 0.25) is 0 Å². The van der Waals surface area contributed by atoms with Crippen LogP contribution >= 0.6 is 11.3 Å². The molecule has 1 atom stereocenters. The van der Waals surface area contributed by atoms with Gasteiger partial charge in [-0.05, 0) is 36.3 Å². The fraction of sp³-hybridized carbons (Fsp3) is 0.0500. The van der Waals surface area contributed by atoms with E-state index in [2.05, 4.69) is 0 Å². The van der Waals surface area contributed by atoms with Crippen LogP contribution in [0.15, 0.2) is 60.7 Å². The van der Waals surface area contributed by atoms with Gasteiger partial charge in [0.1, 0.15) is 4.88 Å². The van der Waals surface area contributed by atoms with E-state index >= 15 is 0 Å². The van der Waals surface area contributed by atoms with Gasteiger partial charge in [0, 0.05) is 4.88 Å². The lowest BCUT2D eigenvalue weighted by molar-refractivity contribution is 0.0703. The van der Waals surface area contributed by atoms with Crippen LogP contribution in [0.2, 0.25) is 0 Å². The molecule has 5 nitrogen and oxygen atoms in total. The molecular formula is C20H17NO4S2. The van der Waals surface area contributed by atoms with E-state index in [4.69, 9.17) is 0 Å². The molecule has 1 unspecified atom stereocenters. The number of carboxylic acid groups (broad SMARTS) is 1. The number of nitrogens with zero attached hydrogens (tertiary/aromatic N) is 1. The van der Waals surface area contributed by atoms with E-state index in [1.54, 1.807) is 37.3 Å². The number of carbonyl (C=O) groups is 1. The van der Waals surface area contributed by atoms with E-state index in [0.29, 0.717) is 10.6 Å². The van der Waals surface area contributed by atoms with E-state index in [1.807, 2.05) is 42.5 Å². The van der Waals surface area contributed by atoms with Crippen LogP contribution < -0.4 is 4.31 Å². The number of para-hydroxylation sites is 1. The van der Waals surface area contributed by atoms with E-state index in [-0.39, 0.29) is 10.6 Å². The lowest BCUT2D eigenvalue weighted by Crippen LogP contribution is -2.21. The van der Waals surface area contributed by atoms with Crippen molar-refractivity contribution in [2.75, 3.05) is 4.31 Å². The van der Waals surface area contributed by atoms with Crippen LogP contribution in [0.25, 0.3) is 12.2 Å². The summed E-state index contributed by atoms with van der Waals surface area (Å²) in [5, 5.41) is 9.59. The number of anilines is 2. The molecule has 3 rings (SSSR count). The van der Waals surface area contributed by atoms with Gasteiger partial charge in [-0.1, -0.05) is 54.6 Å². The van der Waals surface area contributed by atoms with Crippen molar-refractivity contribution in [1.29, 1.82) is 0 Å². The van der Waals surface area contributed by atoms with E-state index in [9.17, 15) is 18.7 Å². The quantitative estimate of drug-likeness (QED) is 0.559. The Kier molecular flexibility index (Phi) is 5.85.